The molecule has 0 aliphatic rings. The fourth-order valence-electron chi connectivity index (χ4n) is 1.51. The van der Waals surface area contributed by atoms with Gasteiger partial charge in [-0.2, -0.15) is 0 Å². The quantitative estimate of drug-likeness (QED) is 0.503. The van der Waals surface area contributed by atoms with Gasteiger partial charge in [-0.3, -0.25) is 4.79 Å². The lowest BCUT2D eigenvalue weighted by molar-refractivity contribution is -0.130. The standard InChI is InChI=1S/C15H19NO3/c1-4-6-11(3)15(18)19-13-9-7-12(8-10-13)14(17)16-5-2/h6-10H,4-5H2,1-3H3,(H,16,17)/b11-6+. The van der Waals surface area contributed by atoms with Crippen LogP contribution in [-0.4, -0.2) is 18.4 Å². The van der Waals surface area contributed by atoms with Gasteiger partial charge in [0.15, 0.2) is 0 Å². The van der Waals surface area contributed by atoms with E-state index >= 15 is 0 Å². The predicted octanol–water partition coefficient (Wildman–Crippen LogP) is 2.70. The van der Waals surface area contributed by atoms with Crippen LogP contribution in [0.3, 0.4) is 0 Å². The van der Waals surface area contributed by atoms with E-state index in [0.29, 0.717) is 23.4 Å². The van der Waals surface area contributed by atoms with E-state index in [9.17, 15) is 9.59 Å². The fraction of sp³-hybridized carbons (Fsp3) is 0.333. The van der Waals surface area contributed by atoms with Gasteiger partial charge < -0.3 is 10.1 Å². The molecule has 1 aromatic rings. The molecule has 0 fully saturated rings. The fourth-order valence-corrected chi connectivity index (χ4v) is 1.51. The average Bonchev–Trinajstić information content (AvgIpc) is 2.40. The van der Waals surface area contributed by atoms with E-state index in [1.165, 1.54) is 0 Å². The number of allylic oxidation sites excluding steroid dienone is 1. The molecule has 4 heteroatoms. The van der Waals surface area contributed by atoms with Crippen LogP contribution in [0.1, 0.15) is 37.6 Å². The van der Waals surface area contributed by atoms with Gasteiger partial charge in [-0.25, -0.2) is 4.79 Å². The number of ether oxygens (including phenoxy) is 1. The van der Waals surface area contributed by atoms with Gasteiger partial charge in [0.1, 0.15) is 5.75 Å². The Morgan fingerprint density at radius 1 is 1.21 bits per heavy atom. The summed E-state index contributed by atoms with van der Waals surface area (Å²) in [7, 11) is 0. The van der Waals surface area contributed by atoms with Crippen molar-refractivity contribution in [2.24, 2.45) is 0 Å². The van der Waals surface area contributed by atoms with Crippen LogP contribution in [0.2, 0.25) is 0 Å². The monoisotopic (exact) mass is 261 g/mol. The second kappa shape index (κ2) is 7.36. The third-order valence-electron chi connectivity index (χ3n) is 2.50. The lowest BCUT2D eigenvalue weighted by Gasteiger charge is -2.06. The zero-order valence-corrected chi connectivity index (χ0v) is 11.5. The van der Waals surface area contributed by atoms with Gasteiger partial charge in [-0.1, -0.05) is 13.0 Å². The van der Waals surface area contributed by atoms with E-state index in [4.69, 9.17) is 4.74 Å². The van der Waals surface area contributed by atoms with Crippen molar-refractivity contribution in [1.29, 1.82) is 0 Å². The molecule has 0 radical (unpaired) electrons. The molecule has 0 aliphatic carbocycles. The van der Waals surface area contributed by atoms with Crippen molar-refractivity contribution in [3.63, 3.8) is 0 Å². The van der Waals surface area contributed by atoms with Crippen molar-refractivity contribution in [2.75, 3.05) is 6.54 Å². The van der Waals surface area contributed by atoms with Gasteiger partial charge in [-0.05, 0) is 44.5 Å². The van der Waals surface area contributed by atoms with Crippen LogP contribution >= 0.6 is 0 Å². The third kappa shape index (κ3) is 4.58. The van der Waals surface area contributed by atoms with Crippen LogP contribution < -0.4 is 10.1 Å². The van der Waals surface area contributed by atoms with Gasteiger partial charge in [0.05, 0.1) is 0 Å². The lowest BCUT2D eigenvalue weighted by atomic mass is 10.2. The zero-order valence-electron chi connectivity index (χ0n) is 11.5. The molecule has 0 spiro atoms. The minimum absolute atomic E-state index is 0.137. The molecule has 1 amide bonds. The SMILES string of the molecule is CC/C=C(\C)C(=O)Oc1ccc(C(=O)NCC)cc1. The van der Waals surface area contributed by atoms with Gasteiger partial charge in [0, 0.05) is 17.7 Å². The van der Waals surface area contributed by atoms with Crippen LogP contribution in [0, 0.1) is 0 Å². The molecule has 19 heavy (non-hydrogen) atoms. The van der Waals surface area contributed by atoms with Crippen molar-refractivity contribution in [1.82, 2.24) is 5.32 Å². The van der Waals surface area contributed by atoms with Crippen molar-refractivity contribution in [3.8, 4) is 5.75 Å². The highest BCUT2D eigenvalue weighted by Gasteiger charge is 2.08. The maximum atomic E-state index is 11.7. The Labute approximate surface area is 113 Å². The summed E-state index contributed by atoms with van der Waals surface area (Å²) in [6, 6.07) is 6.49. The first-order valence-corrected chi connectivity index (χ1v) is 6.35. The number of rotatable bonds is 5. The largest absolute Gasteiger partial charge is 0.423 e. The zero-order chi connectivity index (χ0) is 14.3. The first kappa shape index (κ1) is 15.0. The molecule has 0 heterocycles. The third-order valence-corrected chi connectivity index (χ3v) is 2.50. The lowest BCUT2D eigenvalue weighted by Crippen LogP contribution is -2.22. The molecule has 0 saturated heterocycles. The normalized spacial score (nSPS) is 11.0. The topological polar surface area (TPSA) is 55.4 Å². The van der Waals surface area contributed by atoms with Gasteiger partial charge in [-0.15, -0.1) is 0 Å². The van der Waals surface area contributed by atoms with Crippen LogP contribution in [0.4, 0.5) is 0 Å². The summed E-state index contributed by atoms with van der Waals surface area (Å²) in [5, 5.41) is 2.70. The predicted molar refractivity (Wildman–Crippen MR) is 74.1 cm³/mol. The number of amides is 1. The van der Waals surface area contributed by atoms with E-state index in [-0.39, 0.29) is 11.9 Å². The highest BCUT2D eigenvalue weighted by Crippen LogP contribution is 2.14. The molecule has 0 aliphatic heterocycles. The van der Waals surface area contributed by atoms with Crippen LogP contribution in [0.5, 0.6) is 5.75 Å². The van der Waals surface area contributed by atoms with Crippen LogP contribution in [0.15, 0.2) is 35.9 Å². The summed E-state index contributed by atoms with van der Waals surface area (Å²) in [5.41, 5.74) is 1.12. The van der Waals surface area contributed by atoms with E-state index in [2.05, 4.69) is 5.32 Å². The summed E-state index contributed by atoms with van der Waals surface area (Å²) in [5.74, 6) is -0.0723. The van der Waals surface area contributed by atoms with Gasteiger partial charge >= 0.3 is 5.97 Å². The Morgan fingerprint density at radius 3 is 2.37 bits per heavy atom. The molecule has 0 aromatic heterocycles. The number of carbonyl (C=O) groups is 2. The Kier molecular flexibility index (Phi) is 5.79. The number of nitrogens with one attached hydrogen (secondary N) is 1. The molecule has 4 nitrogen and oxygen atoms in total. The maximum absolute atomic E-state index is 11.7. The van der Waals surface area contributed by atoms with Gasteiger partial charge in [0.25, 0.3) is 5.91 Å². The minimum Gasteiger partial charge on any atom is -0.423 e. The Hall–Kier alpha value is -2.10. The molecule has 0 unspecified atom stereocenters. The van der Waals surface area contributed by atoms with E-state index < -0.39 is 0 Å². The van der Waals surface area contributed by atoms with Crippen molar-refractivity contribution < 1.29 is 14.3 Å². The number of benzene rings is 1. The summed E-state index contributed by atoms with van der Waals surface area (Å²) < 4.78 is 5.18. The molecule has 1 N–H and O–H groups in total. The van der Waals surface area contributed by atoms with Crippen molar-refractivity contribution in [2.45, 2.75) is 27.2 Å². The molecular formula is C15H19NO3. The Bertz CT molecular complexity index is 475. The first-order valence-electron chi connectivity index (χ1n) is 6.35. The molecule has 1 aromatic carbocycles. The van der Waals surface area contributed by atoms with Crippen molar-refractivity contribution in [3.05, 3.63) is 41.5 Å². The second-order valence-electron chi connectivity index (χ2n) is 4.07. The molecular weight excluding hydrogens is 242 g/mol. The summed E-state index contributed by atoms with van der Waals surface area (Å²) in [6.45, 7) is 6.11. The number of hydrogen-bond donors (Lipinski definition) is 1. The number of hydrogen-bond acceptors (Lipinski definition) is 3. The van der Waals surface area contributed by atoms with E-state index in [0.717, 1.165) is 6.42 Å². The summed E-state index contributed by atoms with van der Waals surface area (Å²) in [4.78, 5) is 23.2. The highest BCUT2D eigenvalue weighted by molar-refractivity contribution is 5.94. The van der Waals surface area contributed by atoms with Crippen LogP contribution in [-0.2, 0) is 4.79 Å². The second-order valence-corrected chi connectivity index (χ2v) is 4.07. The molecule has 0 saturated carbocycles. The highest BCUT2D eigenvalue weighted by atomic mass is 16.5. The summed E-state index contributed by atoms with van der Waals surface area (Å²) >= 11 is 0. The first-order chi connectivity index (χ1) is 9.08. The molecule has 1 rings (SSSR count). The minimum atomic E-state index is -0.368. The van der Waals surface area contributed by atoms with Crippen molar-refractivity contribution >= 4 is 11.9 Å². The smallest absolute Gasteiger partial charge is 0.338 e. The maximum Gasteiger partial charge on any atom is 0.338 e. The van der Waals surface area contributed by atoms with Crippen LogP contribution in [0.25, 0.3) is 0 Å². The Balaban J connectivity index is 2.70. The summed E-state index contributed by atoms with van der Waals surface area (Å²) in [6.07, 6.45) is 2.60. The van der Waals surface area contributed by atoms with Gasteiger partial charge in [0.2, 0.25) is 0 Å². The van der Waals surface area contributed by atoms with E-state index in [1.54, 1.807) is 31.2 Å². The molecule has 0 bridgehead atoms. The average molecular weight is 261 g/mol. The number of carbonyl (C=O) groups excluding carboxylic acids is 2. The van der Waals surface area contributed by atoms with E-state index in [1.807, 2.05) is 19.9 Å². The molecule has 0 atom stereocenters. The molecule has 102 valence electrons. The number of esters is 1. The Morgan fingerprint density at radius 2 is 1.84 bits per heavy atom.